The van der Waals surface area contributed by atoms with E-state index in [0.717, 1.165) is 35.7 Å². The fourth-order valence-electron chi connectivity index (χ4n) is 3.11. The molecule has 0 saturated carbocycles. The van der Waals surface area contributed by atoms with Crippen LogP contribution in [0.3, 0.4) is 0 Å². The number of piperazine rings is 1. The molecule has 3 rings (SSSR count). The molecule has 2 amide bonds. The molecule has 0 aromatic heterocycles. The van der Waals surface area contributed by atoms with E-state index < -0.39 is 0 Å². The van der Waals surface area contributed by atoms with Crippen molar-refractivity contribution in [2.45, 2.75) is 13.5 Å². The van der Waals surface area contributed by atoms with Crippen LogP contribution in [0.4, 0.5) is 10.5 Å². The second-order valence-corrected chi connectivity index (χ2v) is 6.58. The van der Waals surface area contributed by atoms with E-state index in [1.54, 1.807) is 14.0 Å². The normalized spacial score (nSPS) is 14.0. The van der Waals surface area contributed by atoms with Gasteiger partial charge in [-0.25, -0.2) is 4.79 Å². The maximum absolute atomic E-state index is 12.4. The first-order chi connectivity index (χ1) is 13.1. The Morgan fingerprint density at radius 1 is 0.963 bits per heavy atom. The summed E-state index contributed by atoms with van der Waals surface area (Å²) in [6.45, 7) is 4.95. The van der Waals surface area contributed by atoms with Gasteiger partial charge in [0.2, 0.25) is 0 Å². The number of carbonyl (C=O) groups is 2. The first-order valence-electron chi connectivity index (χ1n) is 9.08. The van der Waals surface area contributed by atoms with Crippen molar-refractivity contribution < 1.29 is 14.3 Å². The highest BCUT2D eigenvalue weighted by Gasteiger charge is 2.21. The lowest BCUT2D eigenvalue weighted by molar-refractivity contribution is 0.101. The fourth-order valence-corrected chi connectivity index (χ4v) is 3.11. The zero-order valence-corrected chi connectivity index (χ0v) is 15.8. The van der Waals surface area contributed by atoms with Gasteiger partial charge >= 0.3 is 6.03 Å². The lowest BCUT2D eigenvalue weighted by atomic mass is 10.1. The predicted molar refractivity (Wildman–Crippen MR) is 105 cm³/mol. The molecule has 0 atom stereocenters. The van der Waals surface area contributed by atoms with Crippen LogP contribution in [0.5, 0.6) is 5.75 Å². The van der Waals surface area contributed by atoms with E-state index in [0.29, 0.717) is 19.6 Å². The van der Waals surface area contributed by atoms with E-state index in [-0.39, 0.29) is 11.8 Å². The third-order valence-electron chi connectivity index (χ3n) is 4.81. The average molecular weight is 367 g/mol. The summed E-state index contributed by atoms with van der Waals surface area (Å²) in [5, 5.41) is 2.97. The van der Waals surface area contributed by atoms with Crippen LogP contribution in [0, 0.1) is 0 Å². The highest BCUT2D eigenvalue weighted by molar-refractivity contribution is 5.94. The van der Waals surface area contributed by atoms with Crippen LogP contribution in [0.2, 0.25) is 0 Å². The first kappa shape index (κ1) is 18.8. The highest BCUT2D eigenvalue weighted by Crippen LogP contribution is 2.18. The predicted octanol–water partition coefficient (Wildman–Crippen LogP) is 2.93. The van der Waals surface area contributed by atoms with Gasteiger partial charge in [0.15, 0.2) is 5.78 Å². The quantitative estimate of drug-likeness (QED) is 0.826. The number of benzene rings is 2. The first-order valence-corrected chi connectivity index (χ1v) is 9.08. The Bertz CT molecular complexity index is 779. The van der Waals surface area contributed by atoms with Crippen molar-refractivity contribution in [2.24, 2.45) is 0 Å². The largest absolute Gasteiger partial charge is 0.497 e. The number of rotatable bonds is 5. The third-order valence-corrected chi connectivity index (χ3v) is 4.81. The molecule has 1 heterocycles. The van der Waals surface area contributed by atoms with Crippen molar-refractivity contribution >= 4 is 17.5 Å². The number of ketones is 1. The standard InChI is InChI=1S/C21H25N3O3/c1-16(25)18-5-7-19(8-6-18)23-11-13-24(14-12-23)21(26)22-15-17-3-9-20(27-2)10-4-17/h3-10H,11-15H2,1-2H3,(H,22,26). The Kier molecular flexibility index (Phi) is 5.96. The van der Waals surface area contributed by atoms with E-state index in [1.807, 2.05) is 53.4 Å². The molecule has 1 N–H and O–H groups in total. The average Bonchev–Trinajstić information content (AvgIpc) is 2.72. The third kappa shape index (κ3) is 4.78. The topological polar surface area (TPSA) is 61.9 Å². The van der Waals surface area contributed by atoms with Crippen molar-refractivity contribution in [3.05, 3.63) is 59.7 Å². The minimum atomic E-state index is -0.0441. The van der Waals surface area contributed by atoms with E-state index in [2.05, 4.69) is 10.2 Å². The minimum absolute atomic E-state index is 0.0441. The molecular weight excluding hydrogens is 342 g/mol. The summed E-state index contributed by atoms with van der Waals surface area (Å²) in [7, 11) is 1.63. The number of carbonyl (C=O) groups excluding carboxylic acids is 2. The molecule has 0 radical (unpaired) electrons. The van der Waals surface area contributed by atoms with Gasteiger partial charge in [-0.15, -0.1) is 0 Å². The number of nitrogens with one attached hydrogen (secondary N) is 1. The van der Waals surface area contributed by atoms with Gasteiger partial charge in [0.05, 0.1) is 7.11 Å². The SMILES string of the molecule is COc1ccc(CNC(=O)N2CCN(c3ccc(C(C)=O)cc3)CC2)cc1. The van der Waals surface area contributed by atoms with Crippen molar-refractivity contribution in [3.63, 3.8) is 0 Å². The molecule has 1 aliphatic heterocycles. The van der Waals surface area contributed by atoms with Gasteiger partial charge in [0, 0.05) is 44.0 Å². The number of Topliss-reactive ketones (excluding diaryl/α,β-unsaturated/α-hetero) is 1. The maximum Gasteiger partial charge on any atom is 0.317 e. The van der Waals surface area contributed by atoms with Crippen LogP contribution >= 0.6 is 0 Å². The summed E-state index contributed by atoms with van der Waals surface area (Å²) in [4.78, 5) is 27.8. The molecule has 6 nitrogen and oxygen atoms in total. The van der Waals surface area contributed by atoms with Gasteiger partial charge in [-0.2, -0.15) is 0 Å². The summed E-state index contributed by atoms with van der Waals surface area (Å²) < 4.78 is 5.14. The zero-order valence-electron chi connectivity index (χ0n) is 15.8. The molecule has 0 unspecified atom stereocenters. The van der Waals surface area contributed by atoms with E-state index in [1.165, 1.54) is 0 Å². The molecule has 27 heavy (non-hydrogen) atoms. The van der Waals surface area contributed by atoms with Crippen LogP contribution in [0.25, 0.3) is 0 Å². The Hall–Kier alpha value is -3.02. The van der Waals surface area contributed by atoms with Crippen molar-refractivity contribution in [2.75, 3.05) is 38.2 Å². The number of ether oxygens (including phenoxy) is 1. The van der Waals surface area contributed by atoms with Crippen molar-refractivity contribution in [3.8, 4) is 5.75 Å². The molecule has 1 saturated heterocycles. The van der Waals surface area contributed by atoms with Gasteiger partial charge < -0.3 is 19.9 Å². The van der Waals surface area contributed by atoms with Crippen LogP contribution in [-0.2, 0) is 6.54 Å². The van der Waals surface area contributed by atoms with Crippen molar-refractivity contribution in [1.82, 2.24) is 10.2 Å². The van der Waals surface area contributed by atoms with Gasteiger partial charge in [-0.1, -0.05) is 12.1 Å². The molecule has 2 aromatic rings. The van der Waals surface area contributed by atoms with Gasteiger partial charge in [-0.3, -0.25) is 4.79 Å². The molecular formula is C21H25N3O3. The molecule has 0 bridgehead atoms. The lowest BCUT2D eigenvalue weighted by Crippen LogP contribution is -2.51. The summed E-state index contributed by atoms with van der Waals surface area (Å²) in [6, 6.07) is 15.3. The molecule has 6 heteroatoms. The maximum atomic E-state index is 12.4. The van der Waals surface area contributed by atoms with Crippen LogP contribution < -0.4 is 15.0 Å². The number of hydrogen-bond donors (Lipinski definition) is 1. The number of hydrogen-bond acceptors (Lipinski definition) is 4. The number of anilines is 1. The summed E-state index contributed by atoms with van der Waals surface area (Å²) >= 11 is 0. The van der Waals surface area contributed by atoms with Gasteiger partial charge in [0.1, 0.15) is 5.75 Å². The molecule has 0 spiro atoms. The smallest absolute Gasteiger partial charge is 0.317 e. The Labute approximate surface area is 159 Å². The summed E-state index contributed by atoms with van der Waals surface area (Å²) in [5.74, 6) is 0.873. The van der Waals surface area contributed by atoms with E-state index >= 15 is 0 Å². The van der Waals surface area contributed by atoms with Crippen molar-refractivity contribution in [1.29, 1.82) is 0 Å². The van der Waals surface area contributed by atoms with E-state index in [9.17, 15) is 9.59 Å². The lowest BCUT2D eigenvalue weighted by Gasteiger charge is -2.36. The van der Waals surface area contributed by atoms with Gasteiger partial charge in [0.25, 0.3) is 0 Å². The Morgan fingerprint density at radius 2 is 1.59 bits per heavy atom. The van der Waals surface area contributed by atoms with Crippen LogP contribution in [0.1, 0.15) is 22.8 Å². The number of methoxy groups -OCH3 is 1. The molecule has 2 aromatic carbocycles. The Balaban J connectivity index is 1.47. The van der Waals surface area contributed by atoms with Crippen LogP contribution in [-0.4, -0.2) is 50.0 Å². The number of nitrogens with zero attached hydrogens (tertiary/aromatic N) is 2. The summed E-state index contributed by atoms with van der Waals surface area (Å²) in [6.07, 6.45) is 0. The fraction of sp³-hybridized carbons (Fsp3) is 0.333. The molecule has 1 fully saturated rings. The monoisotopic (exact) mass is 367 g/mol. The zero-order chi connectivity index (χ0) is 19.2. The second-order valence-electron chi connectivity index (χ2n) is 6.58. The molecule has 1 aliphatic rings. The minimum Gasteiger partial charge on any atom is -0.497 e. The van der Waals surface area contributed by atoms with Gasteiger partial charge in [-0.05, 0) is 48.9 Å². The summed E-state index contributed by atoms with van der Waals surface area (Å²) in [5.41, 5.74) is 2.84. The molecule has 0 aliphatic carbocycles. The number of urea groups is 1. The number of amides is 2. The van der Waals surface area contributed by atoms with Crippen LogP contribution in [0.15, 0.2) is 48.5 Å². The highest BCUT2D eigenvalue weighted by atomic mass is 16.5. The molecule has 142 valence electrons. The second kappa shape index (κ2) is 8.58. The van der Waals surface area contributed by atoms with E-state index in [4.69, 9.17) is 4.74 Å². The Morgan fingerprint density at radius 3 is 2.15 bits per heavy atom.